The first kappa shape index (κ1) is 20.1. The van der Waals surface area contributed by atoms with Crippen molar-refractivity contribution < 1.29 is 9.32 Å². The van der Waals surface area contributed by atoms with Crippen molar-refractivity contribution in [3.8, 4) is 11.5 Å². The highest BCUT2D eigenvalue weighted by atomic mass is 35.5. The summed E-state index contributed by atoms with van der Waals surface area (Å²) < 4.78 is 5.43. The molecule has 0 saturated carbocycles. The van der Waals surface area contributed by atoms with Gasteiger partial charge in [0, 0.05) is 19.5 Å². The van der Waals surface area contributed by atoms with Crippen LogP contribution in [0, 0.1) is 0 Å². The molecule has 3 aromatic rings. The SMILES string of the molecule is CNC(C)Cc1noc(-c2ccccc2N(C)C(=O)c2cccs2)n1.Cl. The molecule has 138 valence electrons. The van der Waals surface area contributed by atoms with E-state index in [1.54, 1.807) is 11.9 Å². The number of para-hydroxylation sites is 1. The van der Waals surface area contributed by atoms with Crippen LogP contribution >= 0.6 is 23.7 Å². The Bertz CT molecular complexity index is 851. The van der Waals surface area contributed by atoms with E-state index in [0.29, 0.717) is 23.0 Å². The highest BCUT2D eigenvalue weighted by molar-refractivity contribution is 7.12. The fourth-order valence-corrected chi connectivity index (χ4v) is 3.14. The lowest BCUT2D eigenvalue weighted by Crippen LogP contribution is -2.26. The first-order valence-corrected chi connectivity index (χ1v) is 8.89. The molecular weight excluding hydrogens is 372 g/mol. The van der Waals surface area contributed by atoms with Crippen LogP contribution in [-0.4, -0.2) is 36.2 Å². The van der Waals surface area contributed by atoms with Gasteiger partial charge in [-0.3, -0.25) is 4.79 Å². The van der Waals surface area contributed by atoms with E-state index in [2.05, 4.69) is 22.4 Å². The number of anilines is 1. The fourth-order valence-electron chi connectivity index (χ4n) is 2.44. The average molecular weight is 393 g/mol. The molecule has 26 heavy (non-hydrogen) atoms. The molecule has 0 radical (unpaired) electrons. The Kier molecular flexibility index (Phi) is 6.90. The molecule has 0 aliphatic carbocycles. The van der Waals surface area contributed by atoms with Crippen LogP contribution < -0.4 is 10.2 Å². The van der Waals surface area contributed by atoms with Crippen LogP contribution in [0.4, 0.5) is 5.69 Å². The van der Waals surface area contributed by atoms with Crippen molar-refractivity contribution in [3.05, 3.63) is 52.5 Å². The van der Waals surface area contributed by atoms with Gasteiger partial charge in [-0.15, -0.1) is 23.7 Å². The molecule has 6 nitrogen and oxygen atoms in total. The number of benzene rings is 1. The maximum atomic E-state index is 12.6. The molecule has 2 aromatic heterocycles. The number of aromatic nitrogens is 2. The standard InChI is InChI=1S/C18H20N4O2S.ClH/c1-12(19-2)11-16-20-17(24-21-16)13-7-4-5-8-14(13)22(3)18(23)15-9-6-10-25-15;/h4-10,12,19H,11H2,1-3H3;1H. The largest absolute Gasteiger partial charge is 0.334 e. The molecule has 8 heteroatoms. The summed E-state index contributed by atoms with van der Waals surface area (Å²) in [7, 11) is 3.65. The lowest BCUT2D eigenvalue weighted by Gasteiger charge is -2.18. The highest BCUT2D eigenvalue weighted by Crippen LogP contribution is 2.30. The normalized spacial score (nSPS) is 11.7. The molecular formula is C18H21ClN4O2S. The minimum atomic E-state index is -0.0639. The Labute approximate surface area is 162 Å². The maximum absolute atomic E-state index is 12.6. The third kappa shape index (κ3) is 4.30. The zero-order valence-electron chi connectivity index (χ0n) is 14.8. The van der Waals surface area contributed by atoms with Gasteiger partial charge >= 0.3 is 0 Å². The second-order valence-electron chi connectivity index (χ2n) is 5.77. The molecule has 0 aliphatic rings. The number of nitrogens with one attached hydrogen (secondary N) is 1. The first-order valence-electron chi connectivity index (χ1n) is 8.01. The van der Waals surface area contributed by atoms with Crippen LogP contribution in [0.2, 0.25) is 0 Å². The zero-order chi connectivity index (χ0) is 17.8. The Morgan fingerprint density at radius 2 is 2.08 bits per heavy atom. The van der Waals surface area contributed by atoms with Gasteiger partial charge in [0.2, 0.25) is 0 Å². The topological polar surface area (TPSA) is 71.3 Å². The lowest BCUT2D eigenvalue weighted by molar-refractivity contribution is 0.0997. The van der Waals surface area contributed by atoms with Crippen LogP contribution in [0.15, 0.2) is 46.3 Å². The Morgan fingerprint density at radius 3 is 2.77 bits per heavy atom. The molecule has 3 rings (SSSR count). The van der Waals surface area contributed by atoms with Crippen molar-refractivity contribution in [3.63, 3.8) is 0 Å². The quantitative estimate of drug-likeness (QED) is 0.693. The molecule has 0 saturated heterocycles. The van der Waals surface area contributed by atoms with Crippen LogP contribution in [0.3, 0.4) is 0 Å². The summed E-state index contributed by atoms with van der Waals surface area (Å²) in [5.74, 6) is 0.990. The van der Waals surface area contributed by atoms with Crippen LogP contribution in [0.1, 0.15) is 22.4 Å². The summed E-state index contributed by atoms with van der Waals surface area (Å²) in [4.78, 5) is 19.4. The van der Waals surface area contributed by atoms with E-state index in [4.69, 9.17) is 4.52 Å². The average Bonchev–Trinajstić information content (AvgIpc) is 3.32. The molecule has 1 amide bonds. The summed E-state index contributed by atoms with van der Waals surface area (Å²) in [5.41, 5.74) is 1.48. The zero-order valence-corrected chi connectivity index (χ0v) is 16.4. The van der Waals surface area contributed by atoms with E-state index in [-0.39, 0.29) is 24.4 Å². The molecule has 1 unspecified atom stereocenters. The van der Waals surface area contributed by atoms with Crippen molar-refractivity contribution in [2.24, 2.45) is 0 Å². The van der Waals surface area contributed by atoms with Crippen molar-refractivity contribution in [1.29, 1.82) is 0 Å². The van der Waals surface area contributed by atoms with Crippen molar-refractivity contribution in [2.75, 3.05) is 19.0 Å². The monoisotopic (exact) mass is 392 g/mol. The van der Waals surface area contributed by atoms with Crippen LogP contribution in [0.25, 0.3) is 11.5 Å². The van der Waals surface area contributed by atoms with Crippen molar-refractivity contribution in [2.45, 2.75) is 19.4 Å². The smallest absolute Gasteiger partial charge is 0.268 e. The Balaban J connectivity index is 0.00000243. The second kappa shape index (κ2) is 8.93. The number of carbonyl (C=O) groups is 1. The van der Waals surface area contributed by atoms with Gasteiger partial charge in [-0.1, -0.05) is 23.4 Å². The minimum absolute atomic E-state index is 0. The number of nitrogens with zero attached hydrogens (tertiary/aromatic N) is 3. The summed E-state index contributed by atoms with van der Waals surface area (Å²) in [6.45, 7) is 2.05. The number of likely N-dealkylation sites (N-methyl/N-ethyl adjacent to an activating group) is 1. The summed E-state index contributed by atoms with van der Waals surface area (Å²) in [6, 6.07) is 11.5. The van der Waals surface area contributed by atoms with Gasteiger partial charge in [0.25, 0.3) is 11.8 Å². The maximum Gasteiger partial charge on any atom is 0.268 e. The Hall–Kier alpha value is -2.22. The number of rotatable bonds is 6. The summed E-state index contributed by atoms with van der Waals surface area (Å²) in [6.07, 6.45) is 0.673. The molecule has 1 atom stereocenters. The molecule has 2 heterocycles. The number of thiophene rings is 1. The predicted molar refractivity (Wildman–Crippen MR) is 106 cm³/mol. The summed E-state index contributed by atoms with van der Waals surface area (Å²) >= 11 is 1.42. The van der Waals surface area contributed by atoms with Gasteiger partial charge in [0.1, 0.15) is 0 Å². The van der Waals surface area contributed by atoms with Crippen molar-refractivity contribution in [1.82, 2.24) is 15.5 Å². The molecule has 0 fully saturated rings. The van der Waals surface area contributed by atoms with Gasteiger partial charge < -0.3 is 14.7 Å². The molecule has 0 aliphatic heterocycles. The lowest BCUT2D eigenvalue weighted by atomic mass is 10.1. The van der Waals surface area contributed by atoms with E-state index in [1.807, 2.05) is 48.8 Å². The number of amides is 1. The summed E-state index contributed by atoms with van der Waals surface area (Å²) in [5, 5.41) is 9.09. The third-order valence-corrected chi connectivity index (χ3v) is 4.84. The number of hydrogen-bond acceptors (Lipinski definition) is 6. The molecule has 1 N–H and O–H groups in total. The van der Waals surface area contributed by atoms with Crippen molar-refractivity contribution >= 4 is 35.3 Å². The molecule has 0 spiro atoms. The van der Waals surface area contributed by atoms with Crippen LogP contribution in [0.5, 0.6) is 0 Å². The first-order chi connectivity index (χ1) is 12.1. The van der Waals surface area contributed by atoms with Gasteiger partial charge in [0.15, 0.2) is 5.82 Å². The second-order valence-corrected chi connectivity index (χ2v) is 6.72. The minimum Gasteiger partial charge on any atom is -0.334 e. The van der Waals surface area contributed by atoms with E-state index < -0.39 is 0 Å². The van der Waals surface area contributed by atoms with E-state index in [0.717, 1.165) is 11.3 Å². The van der Waals surface area contributed by atoms with Gasteiger partial charge in [0.05, 0.1) is 16.1 Å². The fraction of sp³-hybridized carbons (Fsp3) is 0.278. The molecule has 0 bridgehead atoms. The van der Waals surface area contributed by atoms with Crippen LogP contribution in [-0.2, 0) is 6.42 Å². The van der Waals surface area contributed by atoms with Gasteiger partial charge in [-0.05, 0) is 37.6 Å². The Morgan fingerprint density at radius 1 is 1.31 bits per heavy atom. The number of carbonyl (C=O) groups excluding carboxylic acids is 1. The third-order valence-electron chi connectivity index (χ3n) is 3.98. The van der Waals surface area contributed by atoms with E-state index >= 15 is 0 Å². The predicted octanol–water partition coefficient (Wildman–Crippen LogP) is 3.65. The van der Waals surface area contributed by atoms with Gasteiger partial charge in [-0.2, -0.15) is 4.98 Å². The van der Waals surface area contributed by atoms with E-state index in [9.17, 15) is 4.79 Å². The highest BCUT2D eigenvalue weighted by Gasteiger charge is 2.20. The van der Waals surface area contributed by atoms with Gasteiger partial charge in [-0.25, -0.2) is 0 Å². The molecule has 1 aromatic carbocycles. The number of halogens is 1. The number of hydrogen-bond donors (Lipinski definition) is 1. The van der Waals surface area contributed by atoms with E-state index in [1.165, 1.54) is 11.3 Å².